The van der Waals surface area contributed by atoms with Crippen LogP contribution in [0.3, 0.4) is 0 Å². The third-order valence-corrected chi connectivity index (χ3v) is 4.36. The van der Waals surface area contributed by atoms with Gasteiger partial charge in [0.1, 0.15) is 4.32 Å². The molecule has 6 heteroatoms. The molecule has 110 valence electrons. The third-order valence-electron chi connectivity index (χ3n) is 2.99. The Bertz CT molecular complexity index is 625. The molecule has 1 saturated heterocycles. The number of hydrogen-bond donors (Lipinski definition) is 1. The summed E-state index contributed by atoms with van der Waals surface area (Å²) in [4.78, 5) is 24.9. The van der Waals surface area contributed by atoms with Crippen LogP contribution >= 0.6 is 24.0 Å². The van der Waals surface area contributed by atoms with Gasteiger partial charge in [0.25, 0.3) is 5.91 Å². The van der Waals surface area contributed by atoms with Crippen LogP contribution in [0.5, 0.6) is 0 Å². The highest BCUT2D eigenvalue weighted by molar-refractivity contribution is 8.26. The van der Waals surface area contributed by atoms with Gasteiger partial charge in [-0.3, -0.25) is 14.5 Å². The topological polar surface area (TPSA) is 57.6 Å². The summed E-state index contributed by atoms with van der Waals surface area (Å²) in [6.45, 7) is 2.34. The minimum absolute atomic E-state index is 0.0357. The normalized spacial score (nSPS) is 16.8. The van der Waals surface area contributed by atoms with Crippen LogP contribution in [0.15, 0.2) is 29.2 Å². The number of aliphatic carboxylic acids is 1. The minimum atomic E-state index is -0.865. The maximum Gasteiger partial charge on any atom is 0.303 e. The first-order valence-corrected chi connectivity index (χ1v) is 7.73. The third kappa shape index (κ3) is 4.15. The van der Waals surface area contributed by atoms with Crippen molar-refractivity contribution in [1.29, 1.82) is 0 Å². The summed E-state index contributed by atoms with van der Waals surface area (Å²) in [6.07, 6.45) is 2.26. The summed E-state index contributed by atoms with van der Waals surface area (Å²) in [5.74, 6) is -1.01. The number of amides is 1. The van der Waals surface area contributed by atoms with E-state index in [1.54, 1.807) is 0 Å². The monoisotopic (exact) mass is 321 g/mol. The van der Waals surface area contributed by atoms with Gasteiger partial charge in [-0.05, 0) is 25.0 Å². The summed E-state index contributed by atoms with van der Waals surface area (Å²) in [5, 5.41) is 8.64. The molecule has 1 fully saturated rings. The Morgan fingerprint density at radius 3 is 2.90 bits per heavy atom. The number of carboxylic acid groups (broad SMARTS) is 1. The Morgan fingerprint density at radius 2 is 2.24 bits per heavy atom. The summed E-state index contributed by atoms with van der Waals surface area (Å²) in [5.41, 5.74) is 2.08. The van der Waals surface area contributed by atoms with Crippen molar-refractivity contribution in [2.45, 2.75) is 19.8 Å². The Kier molecular flexibility index (Phi) is 5.14. The maximum absolute atomic E-state index is 12.3. The molecule has 1 heterocycles. The highest BCUT2D eigenvalue weighted by Crippen LogP contribution is 2.32. The van der Waals surface area contributed by atoms with Crippen molar-refractivity contribution in [2.75, 3.05) is 6.54 Å². The second-order valence-corrected chi connectivity index (χ2v) is 6.42. The second kappa shape index (κ2) is 6.87. The zero-order valence-electron chi connectivity index (χ0n) is 11.5. The van der Waals surface area contributed by atoms with Crippen LogP contribution in [0.25, 0.3) is 6.08 Å². The van der Waals surface area contributed by atoms with Crippen molar-refractivity contribution in [1.82, 2.24) is 4.90 Å². The number of carbonyl (C=O) groups is 2. The van der Waals surface area contributed by atoms with Gasteiger partial charge < -0.3 is 5.11 Å². The number of hydrogen-bond acceptors (Lipinski definition) is 4. The first-order chi connectivity index (χ1) is 9.97. The molecule has 0 radical (unpaired) electrons. The van der Waals surface area contributed by atoms with Gasteiger partial charge in [0.05, 0.1) is 4.91 Å². The molecular formula is C15H15NO3S2. The van der Waals surface area contributed by atoms with Crippen molar-refractivity contribution in [2.24, 2.45) is 0 Å². The van der Waals surface area contributed by atoms with Crippen molar-refractivity contribution in [3.05, 3.63) is 40.3 Å². The largest absolute Gasteiger partial charge is 0.481 e. The molecule has 4 nitrogen and oxygen atoms in total. The van der Waals surface area contributed by atoms with Gasteiger partial charge in [0.2, 0.25) is 0 Å². The lowest BCUT2D eigenvalue weighted by Crippen LogP contribution is -2.29. The standard InChI is InChI=1S/C15H15NO3S2/c1-10-4-2-5-11(8-10)9-12-14(19)16(15(20)21-12)7-3-6-13(17)18/h2,4-5,8-9H,3,6-7H2,1H3,(H,17,18)/b12-9-. The Labute approximate surface area is 132 Å². The zero-order valence-corrected chi connectivity index (χ0v) is 13.2. The molecule has 1 aromatic carbocycles. The number of rotatable bonds is 5. The molecule has 1 amide bonds. The van der Waals surface area contributed by atoms with Gasteiger partial charge in [0, 0.05) is 13.0 Å². The van der Waals surface area contributed by atoms with Crippen molar-refractivity contribution in [3.8, 4) is 0 Å². The fourth-order valence-corrected chi connectivity index (χ4v) is 3.30. The smallest absolute Gasteiger partial charge is 0.303 e. The molecule has 0 aliphatic carbocycles. The van der Waals surface area contributed by atoms with Gasteiger partial charge in [-0.1, -0.05) is 53.8 Å². The number of aryl methyl sites for hydroxylation is 1. The van der Waals surface area contributed by atoms with E-state index in [9.17, 15) is 9.59 Å². The van der Waals surface area contributed by atoms with Gasteiger partial charge in [-0.15, -0.1) is 0 Å². The number of benzene rings is 1. The van der Waals surface area contributed by atoms with E-state index in [0.717, 1.165) is 11.1 Å². The number of thioether (sulfide) groups is 1. The fourth-order valence-electron chi connectivity index (χ4n) is 1.99. The number of nitrogens with zero attached hydrogens (tertiary/aromatic N) is 1. The van der Waals surface area contributed by atoms with Crippen LogP contribution < -0.4 is 0 Å². The van der Waals surface area contributed by atoms with E-state index in [1.807, 2.05) is 37.3 Å². The lowest BCUT2D eigenvalue weighted by atomic mass is 10.1. The number of carbonyl (C=O) groups excluding carboxylic acids is 1. The number of carboxylic acids is 1. The van der Waals surface area contributed by atoms with Crippen molar-refractivity contribution in [3.63, 3.8) is 0 Å². The molecule has 21 heavy (non-hydrogen) atoms. The molecule has 0 atom stereocenters. The molecule has 1 aliphatic heterocycles. The average Bonchev–Trinajstić information content (AvgIpc) is 2.66. The van der Waals surface area contributed by atoms with E-state index in [0.29, 0.717) is 22.2 Å². The summed E-state index contributed by atoms with van der Waals surface area (Å²) in [7, 11) is 0. The lowest BCUT2D eigenvalue weighted by Gasteiger charge is -2.13. The quantitative estimate of drug-likeness (QED) is 0.667. The van der Waals surface area contributed by atoms with Gasteiger partial charge in [-0.25, -0.2) is 0 Å². The van der Waals surface area contributed by atoms with E-state index >= 15 is 0 Å². The first kappa shape index (κ1) is 15.7. The fraction of sp³-hybridized carbons (Fsp3) is 0.267. The molecule has 1 N–H and O–H groups in total. The van der Waals surface area contributed by atoms with Gasteiger partial charge in [-0.2, -0.15) is 0 Å². The molecule has 2 rings (SSSR count). The molecule has 1 aliphatic rings. The molecular weight excluding hydrogens is 306 g/mol. The molecule has 0 saturated carbocycles. The van der Waals surface area contributed by atoms with Crippen molar-refractivity contribution >= 4 is 46.3 Å². The highest BCUT2D eigenvalue weighted by atomic mass is 32.2. The first-order valence-electron chi connectivity index (χ1n) is 6.51. The van der Waals surface area contributed by atoms with Gasteiger partial charge in [0.15, 0.2) is 0 Å². The molecule has 0 aromatic heterocycles. The van der Waals surface area contributed by atoms with Crippen LogP contribution in [0.2, 0.25) is 0 Å². The van der Waals surface area contributed by atoms with Crippen LogP contribution in [0.1, 0.15) is 24.0 Å². The summed E-state index contributed by atoms with van der Waals surface area (Å²) >= 11 is 6.46. The summed E-state index contributed by atoms with van der Waals surface area (Å²) in [6, 6.07) is 7.87. The maximum atomic E-state index is 12.3. The van der Waals surface area contributed by atoms with Crippen LogP contribution in [-0.4, -0.2) is 32.7 Å². The van der Waals surface area contributed by atoms with Gasteiger partial charge >= 0.3 is 5.97 Å². The van der Waals surface area contributed by atoms with E-state index < -0.39 is 5.97 Å². The zero-order chi connectivity index (χ0) is 15.4. The molecule has 0 bridgehead atoms. The molecule has 1 aromatic rings. The summed E-state index contributed by atoms with van der Waals surface area (Å²) < 4.78 is 0.490. The molecule has 0 spiro atoms. The van der Waals surface area contributed by atoms with Crippen LogP contribution in [0, 0.1) is 6.92 Å². The SMILES string of the molecule is Cc1cccc(/C=C2\SC(=S)N(CCCC(=O)O)C2=O)c1. The Balaban J connectivity index is 2.08. The van der Waals surface area contributed by atoms with Crippen LogP contribution in [-0.2, 0) is 9.59 Å². The average molecular weight is 321 g/mol. The van der Waals surface area contributed by atoms with E-state index in [1.165, 1.54) is 16.7 Å². The minimum Gasteiger partial charge on any atom is -0.481 e. The van der Waals surface area contributed by atoms with E-state index in [-0.39, 0.29) is 12.3 Å². The second-order valence-electron chi connectivity index (χ2n) is 4.74. The van der Waals surface area contributed by atoms with E-state index in [2.05, 4.69) is 0 Å². The number of thiocarbonyl (C=S) groups is 1. The Hall–Kier alpha value is -1.66. The predicted molar refractivity (Wildman–Crippen MR) is 87.9 cm³/mol. The van der Waals surface area contributed by atoms with Crippen LogP contribution in [0.4, 0.5) is 0 Å². The highest BCUT2D eigenvalue weighted by Gasteiger charge is 2.31. The van der Waals surface area contributed by atoms with E-state index in [4.69, 9.17) is 17.3 Å². The predicted octanol–water partition coefficient (Wildman–Crippen LogP) is 3.06. The molecule has 0 unspecified atom stereocenters. The lowest BCUT2D eigenvalue weighted by molar-refractivity contribution is -0.137. The Morgan fingerprint density at radius 1 is 1.48 bits per heavy atom. The van der Waals surface area contributed by atoms with Crippen molar-refractivity contribution < 1.29 is 14.7 Å².